The SMILES string of the molecule is COc1ccc(Cl)cc1C(N)c1ccsc1. The van der Waals surface area contributed by atoms with Crippen LogP contribution in [0.3, 0.4) is 0 Å². The number of ether oxygens (including phenoxy) is 1. The van der Waals surface area contributed by atoms with Gasteiger partial charge in [-0.25, -0.2) is 0 Å². The van der Waals surface area contributed by atoms with E-state index in [2.05, 4.69) is 0 Å². The maximum Gasteiger partial charge on any atom is 0.124 e. The van der Waals surface area contributed by atoms with Gasteiger partial charge < -0.3 is 10.5 Å². The summed E-state index contributed by atoms with van der Waals surface area (Å²) in [6.45, 7) is 0. The Hall–Kier alpha value is -1.03. The van der Waals surface area contributed by atoms with Crippen LogP contribution in [0.2, 0.25) is 5.02 Å². The predicted molar refractivity (Wildman–Crippen MR) is 68.4 cm³/mol. The Kier molecular flexibility index (Phi) is 3.49. The molecule has 0 fully saturated rings. The van der Waals surface area contributed by atoms with Crippen molar-refractivity contribution >= 4 is 22.9 Å². The van der Waals surface area contributed by atoms with Gasteiger partial charge in [0.05, 0.1) is 13.2 Å². The summed E-state index contributed by atoms with van der Waals surface area (Å²) < 4.78 is 5.28. The van der Waals surface area contributed by atoms with E-state index in [1.807, 2.05) is 29.0 Å². The highest BCUT2D eigenvalue weighted by atomic mass is 35.5. The molecule has 4 heteroatoms. The van der Waals surface area contributed by atoms with Gasteiger partial charge in [-0.05, 0) is 40.6 Å². The van der Waals surface area contributed by atoms with Crippen LogP contribution in [0.1, 0.15) is 17.2 Å². The second-order valence-electron chi connectivity index (χ2n) is 3.42. The second-order valence-corrected chi connectivity index (χ2v) is 4.64. The molecule has 2 N–H and O–H groups in total. The third kappa shape index (κ3) is 2.21. The van der Waals surface area contributed by atoms with E-state index >= 15 is 0 Å². The molecular weight excluding hydrogens is 242 g/mol. The highest BCUT2D eigenvalue weighted by Crippen LogP contribution is 2.31. The number of benzene rings is 1. The molecule has 2 aromatic rings. The summed E-state index contributed by atoms with van der Waals surface area (Å²) in [7, 11) is 1.63. The first kappa shape index (κ1) is 11.5. The lowest BCUT2D eigenvalue weighted by atomic mass is 10.0. The van der Waals surface area contributed by atoms with Crippen LogP contribution < -0.4 is 10.5 Å². The van der Waals surface area contributed by atoms with Gasteiger partial charge in [-0.1, -0.05) is 11.6 Å². The zero-order valence-electron chi connectivity index (χ0n) is 8.81. The number of nitrogens with two attached hydrogens (primary N) is 1. The summed E-state index contributed by atoms with van der Waals surface area (Å²) in [5.74, 6) is 0.767. The quantitative estimate of drug-likeness (QED) is 0.909. The smallest absolute Gasteiger partial charge is 0.124 e. The molecule has 1 aromatic carbocycles. The fourth-order valence-electron chi connectivity index (χ4n) is 1.58. The first-order chi connectivity index (χ1) is 7.72. The van der Waals surface area contributed by atoms with Crippen molar-refractivity contribution in [3.63, 3.8) is 0 Å². The Morgan fingerprint density at radius 2 is 2.19 bits per heavy atom. The number of rotatable bonds is 3. The monoisotopic (exact) mass is 253 g/mol. The van der Waals surface area contributed by atoms with E-state index in [1.165, 1.54) is 0 Å². The largest absolute Gasteiger partial charge is 0.496 e. The van der Waals surface area contributed by atoms with Gasteiger partial charge in [0.25, 0.3) is 0 Å². The third-order valence-electron chi connectivity index (χ3n) is 2.43. The molecule has 1 unspecified atom stereocenters. The first-order valence-corrected chi connectivity index (χ1v) is 6.15. The Morgan fingerprint density at radius 1 is 1.38 bits per heavy atom. The molecule has 1 aromatic heterocycles. The molecule has 0 saturated carbocycles. The molecule has 0 bridgehead atoms. The summed E-state index contributed by atoms with van der Waals surface area (Å²) in [5, 5.41) is 4.71. The van der Waals surface area contributed by atoms with Crippen molar-refractivity contribution in [3.05, 3.63) is 51.2 Å². The Labute approximate surface area is 104 Å². The second kappa shape index (κ2) is 4.87. The summed E-state index contributed by atoms with van der Waals surface area (Å²) in [4.78, 5) is 0. The lowest BCUT2D eigenvalue weighted by Crippen LogP contribution is -2.12. The minimum atomic E-state index is -0.195. The zero-order chi connectivity index (χ0) is 11.5. The van der Waals surface area contributed by atoms with Crippen LogP contribution in [-0.2, 0) is 0 Å². The molecular formula is C12H12ClNOS. The van der Waals surface area contributed by atoms with Crippen molar-refractivity contribution in [1.82, 2.24) is 0 Å². The molecule has 0 aliphatic heterocycles. The highest BCUT2D eigenvalue weighted by Gasteiger charge is 2.14. The van der Waals surface area contributed by atoms with E-state index in [1.54, 1.807) is 24.5 Å². The van der Waals surface area contributed by atoms with Gasteiger partial charge in [-0.2, -0.15) is 11.3 Å². The van der Waals surface area contributed by atoms with E-state index in [0.717, 1.165) is 16.9 Å². The van der Waals surface area contributed by atoms with Crippen molar-refractivity contribution in [2.75, 3.05) is 7.11 Å². The minimum Gasteiger partial charge on any atom is -0.496 e. The average molecular weight is 254 g/mol. The van der Waals surface area contributed by atoms with Crippen molar-refractivity contribution in [2.45, 2.75) is 6.04 Å². The number of halogens is 1. The van der Waals surface area contributed by atoms with Crippen molar-refractivity contribution in [2.24, 2.45) is 5.73 Å². The van der Waals surface area contributed by atoms with E-state index in [9.17, 15) is 0 Å². The van der Waals surface area contributed by atoms with Gasteiger partial charge in [0.15, 0.2) is 0 Å². The van der Waals surface area contributed by atoms with E-state index in [4.69, 9.17) is 22.1 Å². The number of hydrogen-bond donors (Lipinski definition) is 1. The summed E-state index contributed by atoms with van der Waals surface area (Å²) >= 11 is 7.60. The van der Waals surface area contributed by atoms with Crippen LogP contribution in [0.4, 0.5) is 0 Å². The number of hydrogen-bond acceptors (Lipinski definition) is 3. The topological polar surface area (TPSA) is 35.2 Å². The molecule has 0 aliphatic carbocycles. The summed E-state index contributed by atoms with van der Waals surface area (Å²) in [6, 6.07) is 7.30. The fourth-order valence-corrected chi connectivity index (χ4v) is 2.46. The van der Waals surface area contributed by atoms with Gasteiger partial charge in [0.2, 0.25) is 0 Å². The predicted octanol–water partition coefficient (Wildman–Crippen LogP) is 3.46. The van der Waals surface area contributed by atoms with Crippen molar-refractivity contribution in [3.8, 4) is 5.75 Å². The van der Waals surface area contributed by atoms with Gasteiger partial charge in [-0.15, -0.1) is 0 Å². The molecule has 2 rings (SSSR count). The molecule has 0 aliphatic rings. The lowest BCUT2D eigenvalue weighted by molar-refractivity contribution is 0.408. The Bertz CT molecular complexity index is 470. The molecule has 84 valence electrons. The normalized spacial score (nSPS) is 12.4. The van der Waals surface area contributed by atoms with Crippen LogP contribution >= 0.6 is 22.9 Å². The standard InChI is InChI=1S/C12H12ClNOS/c1-15-11-3-2-9(13)6-10(11)12(14)8-4-5-16-7-8/h2-7,12H,14H2,1H3. The Morgan fingerprint density at radius 3 is 2.81 bits per heavy atom. The van der Waals surface area contributed by atoms with E-state index in [-0.39, 0.29) is 6.04 Å². The van der Waals surface area contributed by atoms with E-state index < -0.39 is 0 Å². The van der Waals surface area contributed by atoms with Gasteiger partial charge >= 0.3 is 0 Å². The molecule has 1 atom stereocenters. The molecule has 0 saturated heterocycles. The molecule has 1 heterocycles. The van der Waals surface area contributed by atoms with Crippen LogP contribution in [0.25, 0.3) is 0 Å². The molecule has 2 nitrogen and oxygen atoms in total. The van der Waals surface area contributed by atoms with Gasteiger partial charge in [0.1, 0.15) is 5.75 Å². The van der Waals surface area contributed by atoms with Crippen LogP contribution in [0.15, 0.2) is 35.0 Å². The van der Waals surface area contributed by atoms with Crippen LogP contribution in [-0.4, -0.2) is 7.11 Å². The van der Waals surface area contributed by atoms with E-state index in [0.29, 0.717) is 5.02 Å². The summed E-state index contributed by atoms with van der Waals surface area (Å²) in [6.07, 6.45) is 0. The maximum absolute atomic E-state index is 6.17. The maximum atomic E-state index is 6.17. The molecule has 0 spiro atoms. The minimum absolute atomic E-state index is 0.195. The van der Waals surface area contributed by atoms with Gasteiger partial charge in [0, 0.05) is 10.6 Å². The van der Waals surface area contributed by atoms with Crippen molar-refractivity contribution < 1.29 is 4.74 Å². The van der Waals surface area contributed by atoms with Gasteiger partial charge in [-0.3, -0.25) is 0 Å². The molecule has 0 amide bonds. The lowest BCUT2D eigenvalue weighted by Gasteiger charge is -2.15. The van der Waals surface area contributed by atoms with Crippen LogP contribution in [0, 0.1) is 0 Å². The third-order valence-corrected chi connectivity index (χ3v) is 3.37. The molecule has 0 radical (unpaired) electrons. The summed E-state index contributed by atoms with van der Waals surface area (Å²) in [5.41, 5.74) is 8.16. The number of methoxy groups -OCH3 is 1. The fraction of sp³-hybridized carbons (Fsp3) is 0.167. The van der Waals surface area contributed by atoms with Crippen molar-refractivity contribution in [1.29, 1.82) is 0 Å². The Balaban J connectivity index is 2.42. The zero-order valence-corrected chi connectivity index (χ0v) is 10.4. The first-order valence-electron chi connectivity index (χ1n) is 4.83. The molecule has 16 heavy (non-hydrogen) atoms. The number of thiophene rings is 1. The highest BCUT2D eigenvalue weighted by molar-refractivity contribution is 7.08. The van der Waals surface area contributed by atoms with Crippen LogP contribution in [0.5, 0.6) is 5.75 Å². The average Bonchev–Trinajstić information content (AvgIpc) is 2.81.